The van der Waals surface area contributed by atoms with E-state index in [2.05, 4.69) is 10.0 Å². The molecule has 1 heterocycles. The molecule has 0 saturated carbocycles. The first-order chi connectivity index (χ1) is 8.83. The Bertz CT molecular complexity index is 662. The predicted molar refractivity (Wildman–Crippen MR) is 69.6 cm³/mol. The quantitative estimate of drug-likeness (QED) is 0.745. The van der Waals surface area contributed by atoms with Crippen LogP contribution in [0.1, 0.15) is 19.4 Å². The number of hydrogen-bond acceptors (Lipinski definition) is 4. The van der Waals surface area contributed by atoms with Crippen LogP contribution in [0.2, 0.25) is 0 Å². The highest BCUT2D eigenvalue weighted by atomic mass is 32.2. The van der Waals surface area contributed by atoms with Crippen molar-refractivity contribution in [2.75, 3.05) is 0 Å². The number of hydrogen-bond donors (Lipinski definition) is 3. The summed E-state index contributed by atoms with van der Waals surface area (Å²) in [5, 5.41) is 12.6. The van der Waals surface area contributed by atoms with Crippen LogP contribution in [0.15, 0.2) is 34.9 Å². The third-order valence-corrected chi connectivity index (χ3v) is 3.96. The molecule has 102 valence electrons. The first-order valence-electron chi connectivity index (χ1n) is 5.69. The van der Waals surface area contributed by atoms with Gasteiger partial charge in [-0.2, -0.15) is 0 Å². The zero-order valence-corrected chi connectivity index (χ0v) is 11.3. The summed E-state index contributed by atoms with van der Waals surface area (Å²) in [5.74, 6) is -1.03. The van der Waals surface area contributed by atoms with Crippen LogP contribution in [0.3, 0.4) is 0 Å². The molecule has 3 N–H and O–H groups in total. The molecule has 0 radical (unpaired) electrons. The monoisotopic (exact) mass is 282 g/mol. The number of rotatable bonds is 2. The summed E-state index contributed by atoms with van der Waals surface area (Å²) >= 11 is 0. The van der Waals surface area contributed by atoms with Crippen LogP contribution in [0.4, 0.5) is 0 Å². The largest absolute Gasteiger partial charge is 0.505 e. The molecule has 0 saturated heterocycles. The van der Waals surface area contributed by atoms with Crippen molar-refractivity contribution in [2.24, 2.45) is 0 Å². The van der Waals surface area contributed by atoms with E-state index in [1.807, 2.05) is 0 Å². The number of nitrogens with one attached hydrogen (secondary N) is 2. The third kappa shape index (κ3) is 2.41. The summed E-state index contributed by atoms with van der Waals surface area (Å²) in [5.41, 5.74) is -0.234. The summed E-state index contributed by atoms with van der Waals surface area (Å²) in [6, 6.07) is 5.78. The minimum atomic E-state index is -3.83. The molecular formula is C12H14N2O4S. The maximum absolute atomic E-state index is 12.0. The van der Waals surface area contributed by atoms with Gasteiger partial charge in [0.15, 0.2) is 11.5 Å². The fourth-order valence-electron chi connectivity index (χ4n) is 1.76. The Morgan fingerprint density at radius 3 is 2.58 bits per heavy atom. The van der Waals surface area contributed by atoms with Gasteiger partial charge in [0.1, 0.15) is 0 Å². The van der Waals surface area contributed by atoms with Crippen LogP contribution in [-0.4, -0.2) is 25.5 Å². The minimum absolute atomic E-state index is 0.0476. The van der Waals surface area contributed by atoms with Crippen molar-refractivity contribution in [1.82, 2.24) is 10.0 Å². The Morgan fingerprint density at radius 1 is 1.32 bits per heavy atom. The molecule has 0 atom stereocenters. The lowest BCUT2D eigenvalue weighted by atomic mass is 10.1. The summed E-state index contributed by atoms with van der Waals surface area (Å²) in [7, 11) is -3.83. The number of sulfonamides is 1. The van der Waals surface area contributed by atoms with Crippen molar-refractivity contribution < 1.29 is 18.3 Å². The zero-order chi connectivity index (χ0) is 14.2. The molecule has 1 amide bonds. The Morgan fingerprint density at radius 2 is 1.95 bits per heavy atom. The summed E-state index contributed by atoms with van der Waals surface area (Å²) in [6.07, 6.45) is 0. The minimum Gasteiger partial charge on any atom is -0.505 e. The number of aliphatic hydroxyl groups excluding tert-OH is 1. The molecule has 0 unspecified atom stereocenters. The van der Waals surface area contributed by atoms with E-state index in [0.29, 0.717) is 0 Å². The molecule has 2 rings (SSSR count). The number of aliphatic hydroxyl groups is 1. The maximum Gasteiger partial charge on any atom is 0.272 e. The van der Waals surface area contributed by atoms with Gasteiger partial charge in [-0.3, -0.25) is 9.52 Å². The topological polar surface area (TPSA) is 95.5 Å². The zero-order valence-electron chi connectivity index (χ0n) is 10.5. The molecule has 19 heavy (non-hydrogen) atoms. The molecule has 6 nitrogen and oxygen atoms in total. The van der Waals surface area contributed by atoms with Gasteiger partial charge in [0.2, 0.25) is 0 Å². The van der Waals surface area contributed by atoms with Crippen molar-refractivity contribution in [3.63, 3.8) is 0 Å². The van der Waals surface area contributed by atoms with Gasteiger partial charge in [-0.05, 0) is 26.0 Å². The fourth-order valence-corrected chi connectivity index (χ4v) is 3.04. The first kappa shape index (κ1) is 13.4. The van der Waals surface area contributed by atoms with Crippen molar-refractivity contribution in [2.45, 2.75) is 24.8 Å². The van der Waals surface area contributed by atoms with Crippen LogP contribution < -0.4 is 10.0 Å². The normalized spacial score (nSPS) is 16.8. The lowest BCUT2D eigenvalue weighted by Crippen LogP contribution is -2.40. The molecule has 0 aromatic heterocycles. The Balaban J connectivity index is 2.56. The van der Waals surface area contributed by atoms with Gasteiger partial charge in [0.05, 0.1) is 4.90 Å². The number of carbonyl (C=O) groups is 1. The van der Waals surface area contributed by atoms with Gasteiger partial charge in [-0.25, -0.2) is 8.42 Å². The molecule has 1 aliphatic rings. The number of carbonyl (C=O) groups excluding carboxylic acids is 1. The number of amides is 1. The van der Waals surface area contributed by atoms with Gasteiger partial charge in [0, 0.05) is 11.6 Å². The first-order valence-corrected chi connectivity index (χ1v) is 7.17. The number of fused-ring (bicyclic) bond motifs is 1. The summed E-state index contributed by atoms with van der Waals surface area (Å²) < 4.78 is 26.1. The van der Waals surface area contributed by atoms with E-state index < -0.39 is 15.9 Å². The van der Waals surface area contributed by atoms with Crippen molar-refractivity contribution in [1.29, 1.82) is 0 Å². The van der Waals surface area contributed by atoms with Crippen LogP contribution in [0, 0.1) is 0 Å². The SMILES string of the molecule is CC(C)NC(=O)C1=C(O)c2ccccc2S(=O)(=O)N1. The van der Waals surface area contributed by atoms with Gasteiger partial charge >= 0.3 is 0 Å². The van der Waals surface area contributed by atoms with E-state index in [-0.39, 0.29) is 28.0 Å². The van der Waals surface area contributed by atoms with Crippen LogP contribution in [0.25, 0.3) is 5.76 Å². The molecule has 0 fully saturated rings. The molecule has 7 heteroatoms. The molecule has 1 aromatic rings. The Hall–Kier alpha value is -2.02. The Kier molecular flexibility index (Phi) is 3.23. The number of benzene rings is 1. The predicted octanol–water partition coefficient (Wildman–Crippen LogP) is 0.730. The van der Waals surface area contributed by atoms with Crippen molar-refractivity contribution in [3.05, 3.63) is 35.5 Å². The third-order valence-electron chi connectivity index (χ3n) is 2.55. The highest BCUT2D eigenvalue weighted by Crippen LogP contribution is 2.28. The fraction of sp³-hybridized carbons (Fsp3) is 0.250. The van der Waals surface area contributed by atoms with E-state index in [1.165, 1.54) is 12.1 Å². The van der Waals surface area contributed by atoms with Crippen LogP contribution >= 0.6 is 0 Å². The molecule has 1 aliphatic heterocycles. The Labute approximate surface area is 111 Å². The van der Waals surface area contributed by atoms with Gasteiger partial charge in [0.25, 0.3) is 15.9 Å². The van der Waals surface area contributed by atoms with Gasteiger partial charge in [-0.1, -0.05) is 12.1 Å². The van der Waals surface area contributed by atoms with E-state index in [1.54, 1.807) is 26.0 Å². The molecular weight excluding hydrogens is 268 g/mol. The summed E-state index contributed by atoms with van der Waals surface area (Å²) in [4.78, 5) is 11.8. The second-order valence-electron chi connectivity index (χ2n) is 4.45. The van der Waals surface area contributed by atoms with E-state index in [9.17, 15) is 18.3 Å². The highest BCUT2D eigenvalue weighted by molar-refractivity contribution is 7.89. The molecule has 0 aliphatic carbocycles. The molecule has 0 spiro atoms. The van der Waals surface area contributed by atoms with E-state index in [4.69, 9.17) is 0 Å². The van der Waals surface area contributed by atoms with Gasteiger partial charge < -0.3 is 10.4 Å². The van der Waals surface area contributed by atoms with Gasteiger partial charge in [-0.15, -0.1) is 0 Å². The lowest BCUT2D eigenvalue weighted by Gasteiger charge is -2.21. The summed E-state index contributed by atoms with van der Waals surface area (Å²) in [6.45, 7) is 3.47. The highest BCUT2D eigenvalue weighted by Gasteiger charge is 2.32. The van der Waals surface area contributed by atoms with Crippen molar-refractivity contribution >= 4 is 21.7 Å². The maximum atomic E-state index is 12.0. The van der Waals surface area contributed by atoms with E-state index >= 15 is 0 Å². The lowest BCUT2D eigenvalue weighted by molar-refractivity contribution is -0.118. The average molecular weight is 282 g/mol. The van der Waals surface area contributed by atoms with Crippen LogP contribution in [0.5, 0.6) is 0 Å². The second kappa shape index (κ2) is 4.58. The smallest absolute Gasteiger partial charge is 0.272 e. The molecule has 0 bridgehead atoms. The average Bonchev–Trinajstić information content (AvgIpc) is 2.33. The van der Waals surface area contributed by atoms with Crippen molar-refractivity contribution in [3.8, 4) is 0 Å². The van der Waals surface area contributed by atoms with Crippen LogP contribution in [-0.2, 0) is 14.8 Å². The standard InChI is InChI=1S/C12H14N2O4S/c1-7(2)13-12(16)10-11(15)8-5-3-4-6-9(8)19(17,18)14-10/h3-7,14-15H,1-2H3,(H,13,16). The van der Waals surface area contributed by atoms with E-state index in [0.717, 1.165) is 0 Å². The molecule has 1 aromatic carbocycles. The second-order valence-corrected chi connectivity index (χ2v) is 6.10.